The van der Waals surface area contributed by atoms with Gasteiger partial charge in [-0.1, -0.05) is 108 Å². The molecule has 0 bridgehead atoms. The van der Waals surface area contributed by atoms with E-state index in [4.69, 9.17) is 6.57 Å². The zero-order chi connectivity index (χ0) is 48.0. The van der Waals surface area contributed by atoms with Crippen molar-refractivity contribution in [1.82, 2.24) is 9.13 Å². The fourth-order valence-corrected chi connectivity index (χ4v) is 11.3. The summed E-state index contributed by atoms with van der Waals surface area (Å²) < 4.78 is 46.7. The molecule has 9 aromatic carbocycles. The summed E-state index contributed by atoms with van der Waals surface area (Å²) in [4.78, 5) is 3.97. The van der Waals surface area contributed by atoms with E-state index in [1.54, 1.807) is 13.0 Å². The zero-order valence-electron chi connectivity index (χ0n) is 39.6. The van der Waals surface area contributed by atoms with Gasteiger partial charge in [0.05, 0.1) is 39.9 Å². The van der Waals surface area contributed by atoms with Gasteiger partial charge in [0.15, 0.2) is 5.69 Å². The second-order valence-corrected chi connectivity index (χ2v) is 18.8. The van der Waals surface area contributed by atoms with Crippen LogP contribution in [0.1, 0.15) is 44.5 Å². The van der Waals surface area contributed by atoms with Gasteiger partial charge in [-0.3, -0.25) is 0 Å². The van der Waals surface area contributed by atoms with E-state index in [1.165, 1.54) is 56.6 Å². The molecule has 0 aliphatic carbocycles. The Balaban J connectivity index is 1.21. The van der Waals surface area contributed by atoms with Crippen molar-refractivity contribution in [2.45, 2.75) is 54.6 Å². The minimum absolute atomic E-state index is 0.490. The molecule has 2 aromatic heterocycles. The molecule has 0 saturated carbocycles. The van der Waals surface area contributed by atoms with Gasteiger partial charge in [0, 0.05) is 38.4 Å². The first kappa shape index (κ1) is 43.4. The number of aromatic nitrogens is 2. The topological polar surface area (TPSA) is 14.2 Å². The number of nitrogens with zero attached hydrogens (tertiary/aromatic N) is 3. The van der Waals surface area contributed by atoms with Gasteiger partial charge in [0.25, 0.3) is 0 Å². The zero-order valence-corrected chi connectivity index (χ0v) is 39.6. The summed E-state index contributed by atoms with van der Waals surface area (Å²) in [5, 5.41) is 4.39. The van der Waals surface area contributed by atoms with E-state index in [1.807, 2.05) is 24.3 Å². The number of aryl methyl sites for hydroxylation is 7. The second kappa shape index (κ2) is 16.3. The van der Waals surface area contributed by atoms with Crippen LogP contribution in [0.5, 0.6) is 0 Å². The summed E-state index contributed by atoms with van der Waals surface area (Å²) in [6, 6.07) is 55.3. The SMILES string of the molecule is [C-]#[N+]c1ccc(-c2cc(-c3ccc(C(F)(F)F)cc3C)ccc2-n2c3ccccc3c3cc(-c4c(C)cc(C)cc4C)ccc32)c(-n2c3ccccc3c3cc(-c4c(C)cc(C)cc4C)ccc32)c1. The van der Waals surface area contributed by atoms with Crippen molar-refractivity contribution in [2.24, 2.45) is 0 Å². The molecule has 0 N–H and O–H groups in total. The van der Waals surface area contributed by atoms with Gasteiger partial charge in [-0.25, -0.2) is 4.85 Å². The lowest BCUT2D eigenvalue weighted by molar-refractivity contribution is -0.137. The number of benzene rings is 9. The van der Waals surface area contributed by atoms with Crippen molar-refractivity contribution in [2.75, 3.05) is 0 Å². The van der Waals surface area contributed by atoms with Crippen molar-refractivity contribution in [3.05, 3.63) is 220 Å². The Kier molecular flexibility index (Phi) is 10.2. The number of para-hydroxylation sites is 2. The summed E-state index contributed by atoms with van der Waals surface area (Å²) in [6.45, 7) is 23.0. The van der Waals surface area contributed by atoms with E-state index in [9.17, 15) is 13.2 Å². The van der Waals surface area contributed by atoms with Crippen LogP contribution in [0.3, 0.4) is 0 Å². The molecule has 0 atom stereocenters. The Morgan fingerprint density at radius 1 is 0.391 bits per heavy atom. The smallest absolute Gasteiger partial charge is 0.310 e. The summed E-state index contributed by atoms with van der Waals surface area (Å²) in [6.07, 6.45) is -4.47. The fourth-order valence-electron chi connectivity index (χ4n) is 11.3. The van der Waals surface area contributed by atoms with Gasteiger partial charge < -0.3 is 9.13 Å². The third-order valence-corrected chi connectivity index (χ3v) is 14.0. The molecule has 2 heterocycles. The molecule has 0 unspecified atom stereocenters. The van der Waals surface area contributed by atoms with Gasteiger partial charge in [-0.05, 0) is 176 Å². The molecular formula is C63H48F3N3. The predicted molar refractivity (Wildman–Crippen MR) is 281 cm³/mol. The number of hydrogen-bond acceptors (Lipinski definition) is 0. The maximum absolute atomic E-state index is 14.0. The minimum atomic E-state index is -4.47. The van der Waals surface area contributed by atoms with Crippen LogP contribution in [-0.4, -0.2) is 9.13 Å². The molecule has 0 aliphatic rings. The van der Waals surface area contributed by atoms with E-state index < -0.39 is 11.7 Å². The molecule has 0 fully saturated rings. The number of fused-ring (bicyclic) bond motifs is 6. The standard InChI is InChI=1S/C63H48F3N3/c1-36-27-39(4)61(40(5)28-36)44-18-25-58-53(33-44)49-13-9-11-15-55(49)68(58)57-24-17-43(48-22-20-46(31-38(48)3)63(64,65)66)32-52(57)51-23-21-47(67-8)35-60(51)69-56-16-12-10-14-50(56)54-34-45(19-26-59(54)69)62-41(6)29-37(2)30-42(62)7/h9-35H,1-7H3. The van der Waals surface area contributed by atoms with Gasteiger partial charge in [-0.2, -0.15) is 13.2 Å². The largest absolute Gasteiger partial charge is 0.416 e. The first-order chi connectivity index (χ1) is 33.2. The van der Waals surface area contributed by atoms with Crippen molar-refractivity contribution >= 4 is 49.3 Å². The van der Waals surface area contributed by atoms with Crippen LogP contribution in [0.25, 0.3) is 104 Å². The average molecular weight is 904 g/mol. The first-order valence-electron chi connectivity index (χ1n) is 23.3. The highest BCUT2D eigenvalue weighted by Crippen LogP contribution is 2.46. The highest BCUT2D eigenvalue weighted by atomic mass is 19.4. The van der Waals surface area contributed by atoms with Crippen LogP contribution in [-0.2, 0) is 6.18 Å². The molecule has 0 saturated heterocycles. The first-order valence-corrected chi connectivity index (χ1v) is 23.3. The Hall–Kier alpha value is -8.14. The number of hydrogen-bond donors (Lipinski definition) is 0. The molecule has 336 valence electrons. The lowest BCUT2D eigenvalue weighted by atomic mass is 9.92. The molecule has 11 aromatic rings. The van der Waals surface area contributed by atoms with Crippen molar-refractivity contribution in [3.8, 4) is 55.9 Å². The van der Waals surface area contributed by atoms with E-state index >= 15 is 0 Å². The van der Waals surface area contributed by atoms with E-state index in [0.717, 1.165) is 82.8 Å². The summed E-state index contributed by atoms with van der Waals surface area (Å²) >= 11 is 0. The van der Waals surface area contributed by atoms with E-state index in [2.05, 4.69) is 177 Å². The Labute approximate surface area is 400 Å². The number of rotatable bonds is 6. The highest BCUT2D eigenvalue weighted by molar-refractivity contribution is 6.13. The van der Waals surface area contributed by atoms with Gasteiger partial charge in [0.2, 0.25) is 0 Å². The van der Waals surface area contributed by atoms with E-state index in [-0.39, 0.29) is 0 Å². The van der Waals surface area contributed by atoms with Crippen LogP contribution in [0.2, 0.25) is 0 Å². The fraction of sp³-hybridized carbons (Fsp3) is 0.127. The van der Waals surface area contributed by atoms with Gasteiger partial charge >= 0.3 is 6.18 Å². The normalized spacial score (nSPS) is 11.9. The monoisotopic (exact) mass is 903 g/mol. The van der Waals surface area contributed by atoms with Crippen LogP contribution in [0.4, 0.5) is 18.9 Å². The van der Waals surface area contributed by atoms with Crippen LogP contribution >= 0.6 is 0 Å². The van der Waals surface area contributed by atoms with Crippen LogP contribution in [0, 0.1) is 55.0 Å². The summed E-state index contributed by atoms with van der Waals surface area (Å²) in [5.74, 6) is 0. The van der Waals surface area contributed by atoms with Crippen molar-refractivity contribution in [1.29, 1.82) is 0 Å². The van der Waals surface area contributed by atoms with Crippen LogP contribution in [0.15, 0.2) is 164 Å². The summed E-state index contributed by atoms with van der Waals surface area (Å²) in [5.41, 5.74) is 21.4. The van der Waals surface area contributed by atoms with Gasteiger partial charge in [0.1, 0.15) is 0 Å². The predicted octanol–water partition coefficient (Wildman–Crippen LogP) is 18.3. The Morgan fingerprint density at radius 3 is 1.38 bits per heavy atom. The molecule has 0 spiro atoms. The highest BCUT2D eigenvalue weighted by Gasteiger charge is 2.31. The molecule has 6 heteroatoms. The molecule has 3 nitrogen and oxygen atoms in total. The maximum Gasteiger partial charge on any atom is 0.416 e. The van der Waals surface area contributed by atoms with Crippen molar-refractivity contribution < 1.29 is 13.2 Å². The summed E-state index contributed by atoms with van der Waals surface area (Å²) in [7, 11) is 0. The van der Waals surface area contributed by atoms with E-state index in [0.29, 0.717) is 16.8 Å². The Morgan fingerprint density at radius 2 is 0.870 bits per heavy atom. The average Bonchev–Trinajstić information content (AvgIpc) is 3.82. The second-order valence-electron chi connectivity index (χ2n) is 18.8. The maximum atomic E-state index is 14.0. The molecule has 0 radical (unpaired) electrons. The minimum Gasteiger partial charge on any atom is -0.310 e. The molecular weight excluding hydrogens is 856 g/mol. The quantitative estimate of drug-likeness (QED) is 0.148. The van der Waals surface area contributed by atoms with Crippen molar-refractivity contribution in [3.63, 3.8) is 0 Å². The molecule has 69 heavy (non-hydrogen) atoms. The lowest BCUT2D eigenvalue weighted by Gasteiger charge is -2.21. The molecule has 11 rings (SSSR count). The number of alkyl halides is 3. The number of halogens is 3. The third-order valence-electron chi connectivity index (χ3n) is 14.0. The lowest BCUT2D eigenvalue weighted by Crippen LogP contribution is -2.05. The van der Waals surface area contributed by atoms with Crippen LogP contribution < -0.4 is 0 Å². The van der Waals surface area contributed by atoms with Gasteiger partial charge in [-0.15, -0.1) is 0 Å². The molecule has 0 amide bonds. The third kappa shape index (κ3) is 7.20. The molecule has 0 aliphatic heterocycles. The Bertz CT molecular complexity index is 3940.